The van der Waals surface area contributed by atoms with Crippen molar-refractivity contribution in [3.05, 3.63) is 53.0 Å². The molecule has 0 atom stereocenters. The number of carboxylic acids is 1. The van der Waals surface area contributed by atoms with E-state index in [1.807, 2.05) is 0 Å². The SMILES string of the molecule is CC(=CCCCS(=O)(=O)OS(=O)(=O)C=Cc1ccccc1)C(=O)O. The number of allylic oxidation sites excluding steroid dienone is 1. The summed E-state index contributed by atoms with van der Waals surface area (Å²) >= 11 is 0. The summed E-state index contributed by atoms with van der Waals surface area (Å²) in [5.41, 5.74) is 0.670. The van der Waals surface area contributed by atoms with Crippen LogP contribution in [-0.2, 0) is 28.7 Å². The van der Waals surface area contributed by atoms with Crippen LogP contribution in [0, 0.1) is 0 Å². The number of rotatable bonds is 9. The summed E-state index contributed by atoms with van der Waals surface area (Å²) in [7, 11) is -8.66. The summed E-state index contributed by atoms with van der Waals surface area (Å²) in [6.07, 6.45) is 2.82. The van der Waals surface area contributed by atoms with Crippen molar-refractivity contribution in [3.8, 4) is 0 Å². The Hall–Kier alpha value is -1.97. The first kappa shape index (κ1) is 20.1. The highest BCUT2D eigenvalue weighted by molar-refractivity contribution is 8.01. The Morgan fingerprint density at radius 3 is 2.38 bits per heavy atom. The molecule has 1 aromatic carbocycles. The van der Waals surface area contributed by atoms with Gasteiger partial charge in [0, 0.05) is 5.57 Å². The van der Waals surface area contributed by atoms with Gasteiger partial charge in [0.15, 0.2) is 0 Å². The third-order valence-corrected chi connectivity index (χ3v) is 5.66. The molecule has 0 unspecified atom stereocenters. The molecule has 0 amide bonds. The Labute approximate surface area is 141 Å². The van der Waals surface area contributed by atoms with E-state index in [4.69, 9.17) is 5.11 Å². The number of hydrogen-bond acceptors (Lipinski definition) is 6. The van der Waals surface area contributed by atoms with Crippen LogP contribution in [0.25, 0.3) is 6.08 Å². The van der Waals surface area contributed by atoms with Crippen molar-refractivity contribution in [2.45, 2.75) is 19.8 Å². The second kappa shape index (κ2) is 8.76. The van der Waals surface area contributed by atoms with Crippen LogP contribution >= 0.6 is 0 Å². The quantitative estimate of drug-likeness (QED) is 0.520. The van der Waals surface area contributed by atoms with Gasteiger partial charge in [-0.25, -0.2) is 4.79 Å². The maximum absolute atomic E-state index is 11.7. The summed E-state index contributed by atoms with van der Waals surface area (Å²) in [5.74, 6) is -1.63. The molecule has 24 heavy (non-hydrogen) atoms. The summed E-state index contributed by atoms with van der Waals surface area (Å²) < 4.78 is 50.9. The van der Waals surface area contributed by atoms with Crippen molar-refractivity contribution < 1.29 is 30.4 Å². The van der Waals surface area contributed by atoms with E-state index in [9.17, 15) is 21.6 Å². The van der Waals surface area contributed by atoms with Crippen molar-refractivity contribution in [1.29, 1.82) is 0 Å². The Bertz CT molecular complexity index is 820. The van der Waals surface area contributed by atoms with Gasteiger partial charge in [-0.3, -0.25) is 0 Å². The molecule has 7 nitrogen and oxygen atoms in total. The number of unbranched alkanes of at least 4 members (excludes halogenated alkanes) is 1. The molecule has 9 heteroatoms. The molecule has 1 aromatic rings. The van der Waals surface area contributed by atoms with Crippen LogP contribution in [0.4, 0.5) is 0 Å². The molecule has 0 radical (unpaired) electrons. The zero-order chi connectivity index (χ0) is 18.2. The predicted octanol–water partition coefficient (Wildman–Crippen LogP) is 2.14. The van der Waals surface area contributed by atoms with Crippen LogP contribution in [0.1, 0.15) is 25.3 Å². The first-order valence-corrected chi connectivity index (χ1v) is 9.98. The zero-order valence-corrected chi connectivity index (χ0v) is 14.6. The molecule has 0 aliphatic carbocycles. The smallest absolute Gasteiger partial charge is 0.330 e. The number of benzene rings is 1. The maximum Gasteiger partial charge on any atom is 0.330 e. The fourth-order valence-electron chi connectivity index (χ4n) is 1.59. The molecule has 132 valence electrons. The minimum Gasteiger partial charge on any atom is -0.478 e. The van der Waals surface area contributed by atoms with Crippen molar-refractivity contribution in [1.82, 2.24) is 0 Å². The average molecular weight is 374 g/mol. The van der Waals surface area contributed by atoms with Gasteiger partial charge in [0.1, 0.15) is 0 Å². The maximum atomic E-state index is 11.7. The van der Waals surface area contributed by atoms with Gasteiger partial charge < -0.3 is 5.11 Å². The highest BCUT2D eigenvalue weighted by Crippen LogP contribution is 2.10. The average Bonchev–Trinajstić information content (AvgIpc) is 2.49. The number of carbonyl (C=O) groups is 1. The molecule has 0 aliphatic rings. The molecule has 0 bridgehead atoms. The van der Waals surface area contributed by atoms with Gasteiger partial charge in [0.2, 0.25) is 0 Å². The van der Waals surface area contributed by atoms with Gasteiger partial charge in [-0.1, -0.05) is 36.4 Å². The molecule has 0 saturated carbocycles. The number of aliphatic carboxylic acids is 1. The van der Waals surface area contributed by atoms with Crippen LogP contribution in [0.5, 0.6) is 0 Å². The fourth-order valence-corrected chi connectivity index (χ4v) is 4.05. The summed E-state index contributed by atoms with van der Waals surface area (Å²) in [5, 5.41) is 9.32. The Kier molecular flexibility index (Phi) is 7.33. The standard InChI is InChI=1S/C15H18O7S2/c1-13(15(16)17)7-5-6-11-23(18,19)22-24(20,21)12-10-14-8-3-2-4-9-14/h2-4,7-10,12H,5-6,11H2,1H3,(H,16,17). The third kappa shape index (κ3) is 8.04. The molecule has 1 N–H and O–H groups in total. The molecule has 0 saturated heterocycles. The van der Waals surface area contributed by atoms with Crippen molar-refractivity contribution in [2.75, 3.05) is 5.75 Å². The van der Waals surface area contributed by atoms with Crippen molar-refractivity contribution in [2.24, 2.45) is 0 Å². The molecule has 0 aliphatic heterocycles. The van der Waals surface area contributed by atoms with Crippen LogP contribution in [-0.4, -0.2) is 33.7 Å². The van der Waals surface area contributed by atoms with E-state index in [0.717, 1.165) is 0 Å². The monoisotopic (exact) mass is 374 g/mol. The third-order valence-electron chi connectivity index (χ3n) is 2.81. The van der Waals surface area contributed by atoms with Gasteiger partial charge in [-0.05, 0) is 31.4 Å². The van der Waals surface area contributed by atoms with Gasteiger partial charge >= 0.3 is 16.1 Å². The van der Waals surface area contributed by atoms with Crippen LogP contribution in [0.15, 0.2) is 47.4 Å². The minimum atomic E-state index is -4.38. The largest absolute Gasteiger partial charge is 0.478 e. The normalized spacial score (nSPS) is 13.3. The fraction of sp³-hybridized carbons (Fsp3) is 0.267. The second-order valence-corrected chi connectivity index (χ2v) is 8.20. The molecular weight excluding hydrogens is 356 g/mol. The van der Waals surface area contributed by atoms with Gasteiger partial charge in [-0.2, -0.15) is 16.8 Å². The first-order chi connectivity index (χ1) is 11.1. The number of hydrogen-bond donors (Lipinski definition) is 1. The van der Waals surface area contributed by atoms with E-state index in [1.54, 1.807) is 30.3 Å². The molecular formula is C15H18O7S2. The van der Waals surface area contributed by atoms with Gasteiger partial charge in [0.25, 0.3) is 10.1 Å². The Morgan fingerprint density at radius 2 is 1.79 bits per heavy atom. The van der Waals surface area contributed by atoms with Gasteiger partial charge in [0.05, 0.1) is 11.2 Å². The van der Waals surface area contributed by atoms with E-state index in [-0.39, 0.29) is 18.4 Å². The zero-order valence-electron chi connectivity index (χ0n) is 13.0. The van der Waals surface area contributed by atoms with E-state index in [1.165, 1.54) is 19.1 Å². The lowest BCUT2D eigenvalue weighted by Crippen LogP contribution is -2.14. The lowest BCUT2D eigenvalue weighted by molar-refractivity contribution is -0.132. The molecule has 0 fully saturated rings. The lowest BCUT2D eigenvalue weighted by Gasteiger charge is -2.02. The van der Waals surface area contributed by atoms with E-state index in [2.05, 4.69) is 3.63 Å². The first-order valence-electron chi connectivity index (χ1n) is 6.93. The van der Waals surface area contributed by atoms with E-state index < -0.39 is 32.0 Å². The Balaban J connectivity index is 2.60. The molecule has 1 rings (SSSR count). The van der Waals surface area contributed by atoms with Crippen molar-refractivity contribution >= 4 is 32.3 Å². The molecule has 0 spiro atoms. The minimum absolute atomic E-state index is 0.0465. The van der Waals surface area contributed by atoms with Crippen LogP contribution < -0.4 is 0 Å². The highest BCUT2D eigenvalue weighted by Gasteiger charge is 2.20. The summed E-state index contributed by atoms with van der Waals surface area (Å²) in [4.78, 5) is 10.6. The topological polar surface area (TPSA) is 115 Å². The summed E-state index contributed by atoms with van der Waals surface area (Å²) in [6, 6.07) is 8.47. The second-order valence-electron chi connectivity index (χ2n) is 4.87. The number of carboxylic acid groups (broad SMARTS) is 1. The predicted molar refractivity (Wildman–Crippen MR) is 89.9 cm³/mol. The van der Waals surface area contributed by atoms with E-state index >= 15 is 0 Å². The van der Waals surface area contributed by atoms with Crippen LogP contribution in [0.2, 0.25) is 0 Å². The lowest BCUT2D eigenvalue weighted by atomic mass is 10.2. The molecule has 0 heterocycles. The molecule has 0 aromatic heterocycles. The summed E-state index contributed by atoms with van der Waals surface area (Å²) in [6.45, 7) is 1.38. The van der Waals surface area contributed by atoms with Crippen molar-refractivity contribution in [3.63, 3.8) is 0 Å². The highest BCUT2D eigenvalue weighted by atomic mass is 32.3. The van der Waals surface area contributed by atoms with Crippen LogP contribution in [0.3, 0.4) is 0 Å². The Morgan fingerprint density at radius 1 is 1.17 bits per heavy atom. The van der Waals surface area contributed by atoms with Gasteiger partial charge in [-0.15, -0.1) is 3.63 Å². The van der Waals surface area contributed by atoms with E-state index in [0.29, 0.717) is 11.0 Å².